The molecule has 0 fully saturated rings. The number of anilines is 2. The third kappa shape index (κ3) is 5.84. The number of fused-ring (bicyclic) bond motifs is 1. The molecular formula is C19H20N4O3S3. The molecule has 7 nitrogen and oxygen atoms in total. The van der Waals surface area contributed by atoms with Crippen molar-refractivity contribution >= 4 is 51.2 Å². The maximum atomic E-state index is 12.3. The Bertz CT molecular complexity index is 946. The largest absolute Gasteiger partial charge is 0.490 e. The Labute approximate surface area is 180 Å². The first-order chi connectivity index (χ1) is 14.3. The molecule has 3 heterocycles. The Morgan fingerprint density at radius 1 is 1.17 bits per heavy atom. The fraction of sp³-hybridized carbons (Fsp3) is 0.316. The first-order valence-electron chi connectivity index (χ1n) is 9.18. The van der Waals surface area contributed by atoms with Crippen LogP contribution in [0.15, 0.2) is 40.1 Å². The molecule has 4 rings (SSSR count). The van der Waals surface area contributed by atoms with Crippen LogP contribution in [0.4, 0.5) is 10.8 Å². The van der Waals surface area contributed by atoms with Crippen LogP contribution in [0.3, 0.4) is 0 Å². The molecule has 29 heavy (non-hydrogen) atoms. The fourth-order valence-electron chi connectivity index (χ4n) is 2.65. The van der Waals surface area contributed by atoms with Gasteiger partial charge in [-0.2, -0.15) is 0 Å². The van der Waals surface area contributed by atoms with Gasteiger partial charge in [0.25, 0.3) is 0 Å². The van der Waals surface area contributed by atoms with Crippen molar-refractivity contribution < 1.29 is 14.3 Å². The number of amides is 1. The molecule has 3 aromatic rings. The van der Waals surface area contributed by atoms with Gasteiger partial charge in [-0.25, -0.2) is 0 Å². The Kier molecular flexibility index (Phi) is 6.86. The Balaban J connectivity index is 1.22. The number of carbonyl (C=O) groups is 1. The molecule has 1 aliphatic heterocycles. The molecule has 0 radical (unpaired) electrons. The molecule has 0 saturated heterocycles. The van der Waals surface area contributed by atoms with Gasteiger partial charge in [0, 0.05) is 29.6 Å². The van der Waals surface area contributed by atoms with E-state index in [1.807, 2.05) is 12.1 Å². The van der Waals surface area contributed by atoms with Crippen LogP contribution >= 0.6 is 34.4 Å². The predicted molar refractivity (Wildman–Crippen MR) is 118 cm³/mol. The first-order valence-corrected chi connectivity index (χ1v) is 11.9. The van der Waals surface area contributed by atoms with Crippen molar-refractivity contribution in [1.29, 1.82) is 0 Å². The van der Waals surface area contributed by atoms with Crippen molar-refractivity contribution in [2.24, 2.45) is 0 Å². The average Bonchev–Trinajstić information content (AvgIpc) is 3.34. The normalized spacial score (nSPS) is 13.0. The minimum atomic E-state index is -0.105. The molecule has 1 aromatic carbocycles. The highest BCUT2D eigenvalue weighted by Gasteiger charge is 2.13. The van der Waals surface area contributed by atoms with E-state index in [1.54, 1.807) is 17.4 Å². The van der Waals surface area contributed by atoms with Gasteiger partial charge in [0.05, 0.1) is 19.0 Å². The molecule has 0 unspecified atom stereocenters. The summed E-state index contributed by atoms with van der Waals surface area (Å²) in [4.78, 5) is 13.6. The van der Waals surface area contributed by atoms with Crippen molar-refractivity contribution in [3.63, 3.8) is 0 Å². The lowest BCUT2D eigenvalue weighted by Gasteiger charge is -2.10. The van der Waals surface area contributed by atoms with E-state index < -0.39 is 0 Å². The Morgan fingerprint density at radius 3 is 2.93 bits per heavy atom. The fourth-order valence-corrected chi connectivity index (χ4v) is 4.94. The summed E-state index contributed by atoms with van der Waals surface area (Å²) in [6.45, 7) is 2.06. The third-order valence-electron chi connectivity index (χ3n) is 3.99. The minimum Gasteiger partial charge on any atom is -0.490 e. The number of thiophene rings is 1. The van der Waals surface area contributed by atoms with Crippen molar-refractivity contribution in [3.05, 3.63) is 40.6 Å². The van der Waals surface area contributed by atoms with E-state index in [9.17, 15) is 4.79 Å². The number of nitrogens with one attached hydrogen (secondary N) is 2. The van der Waals surface area contributed by atoms with Gasteiger partial charge in [0.1, 0.15) is 0 Å². The van der Waals surface area contributed by atoms with Gasteiger partial charge < -0.3 is 20.1 Å². The van der Waals surface area contributed by atoms with Crippen LogP contribution in [0.2, 0.25) is 0 Å². The highest BCUT2D eigenvalue weighted by molar-refractivity contribution is 8.01. The number of benzene rings is 1. The second kappa shape index (κ2) is 9.95. The molecule has 1 aliphatic rings. The number of hydrogen-bond acceptors (Lipinski definition) is 9. The van der Waals surface area contributed by atoms with E-state index >= 15 is 0 Å². The van der Waals surface area contributed by atoms with E-state index in [0.717, 1.165) is 28.9 Å². The number of ether oxygens (including phenoxy) is 2. The molecule has 2 aromatic heterocycles. The molecule has 1 amide bonds. The van der Waals surface area contributed by atoms with Crippen LogP contribution < -0.4 is 20.1 Å². The van der Waals surface area contributed by atoms with E-state index in [4.69, 9.17) is 9.47 Å². The van der Waals surface area contributed by atoms with Gasteiger partial charge >= 0.3 is 0 Å². The number of hydrogen-bond donors (Lipinski definition) is 2. The summed E-state index contributed by atoms with van der Waals surface area (Å²) in [6, 6.07) is 9.61. The lowest BCUT2D eigenvalue weighted by molar-refractivity contribution is -0.113. The Hall–Kier alpha value is -2.30. The zero-order chi connectivity index (χ0) is 19.9. The van der Waals surface area contributed by atoms with E-state index in [0.29, 0.717) is 30.4 Å². The van der Waals surface area contributed by atoms with Crippen LogP contribution in [-0.2, 0) is 11.2 Å². The number of carbonyl (C=O) groups excluding carboxylic acids is 1. The van der Waals surface area contributed by atoms with Crippen molar-refractivity contribution in [3.8, 4) is 11.5 Å². The average molecular weight is 449 g/mol. The lowest BCUT2D eigenvalue weighted by Crippen LogP contribution is -2.14. The summed E-state index contributed by atoms with van der Waals surface area (Å²) in [7, 11) is 0. The maximum absolute atomic E-state index is 12.3. The molecule has 0 spiro atoms. The second-order valence-corrected chi connectivity index (χ2v) is 9.41. The monoisotopic (exact) mass is 448 g/mol. The van der Waals surface area contributed by atoms with E-state index in [1.165, 1.54) is 28.0 Å². The molecule has 0 saturated carbocycles. The zero-order valence-electron chi connectivity index (χ0n) is 15.6. The minimum absolute atomic E-state index is 0.105. The molecule has 152 valence electrons. The summed E-state index contributed by atoms with van der Waals surface area (Å²) in [5.41, 5.74) is 0.688. The summed E-state index contributed by atoms with van der Waals surface area (Å²) < 4.78 is 12.0. The van der Waals surface area contributed by atoms with Gasteiger partial charge in [0.15, 0.2) is 15.8 Å². The van der Waals surface area contributed by atoms with E-state index in [2.05, 4.69) is 38.3 Å². The summed E-state index contributed by atoms with van der Waals surface area (Å²) in [5, 5.41) is 17.3. The van der Waals surface area contributed by atoms with Gasteiger partial charge in [-0.15, -0.1) is 21.5 Å². The predicted octanol–water partition coefficient (Wildman–Crippen LogP) is 4.15. The molecule has 0 bridgehead atoms. The van der Waals surface area contributed by atoms with E-state index in [-0.39, 0.29) is 11.7 Å². The summed E-state index contributed by atoms with van der Waals surface area (Å²) in [6.07, 6.45) is 1.80. The Morgan fingerprint density at radius 2 is 2.07 bits per heavy atom. The SMILES string of the molecule is O=C(CSc1nnc(NCCc2cccs2)s1)Nc1ccc2c(c1)OCCCO2. The number of thioether (sulfide) groups is 1. The van der Waals surface area contributed by atoms with Gasteiger partial charge in [0.2, 0.25) is 11.0 Å². The van der Waals surface area contributed by atoms with Crippen molar-refractivity contribution in [2.45, 2.75) is 17.2 Å². The van der Waals surface area contributed by atoms with Crippen molar-refractivity contribution in [1.82, 2.24) is 10.2 Å². The van der Waals surface area contributed by atoms with Gasteiger partial charge in [-0.3, -0.25) is 4.79 Å². The van der Waals surface area contributed by atoms with Crippen LogP contribution in [0, 0.1) is 0 Å². The second-order valence-electron chi connectivity index (χ2n) is 6.18. The number of rotatable bonds is 8. The van der Waals surface area contributed by atoms with Crippen LogP contribution in [0.1, 0.15) is 11.3 Å². The lowest BCUT2D eigenvalue weighted by atomic mass is 10.2. The zero-order valence-corrected chi connectivity index (χ0v) is 18.0. The smallest absolute Gasteiger partial charge is 0.234 e. The van der Waals surface area contributed by atoms with Crippen molar-refractivity contribution in [2.75, 3.05) is 36.1 Å². The quantitative estimate of drug-likeness (QED) is 0.501. The van der Waals surface area contributed by atoms with Gasteiger partial charge in [-0.1, -0.05) is 29.2 Å². The molecule has 10 heteroatoms. The topological polar surface area (TPSA) is 85.4 Å². The summed E-state index contributed by atoms with van der Waals surface area (Å²) in [5.74, 6) is 1.53. The van der Waals surface area contributed by atoms with Crippen LogP contribution in [0.25, 0.3) is 0 Å². The van der Waals surface area contributed by atoms with Crippen LogP contribution in [0.5, 0.6) is 11.5 Å². The highest BCUT2D eigenvalue weighted by Crippen LogP contribution is 2.32. The molecule has 2 N–H and O–H groups in total. The molecule has 0 aliphatic carbocycles. The van der Waals surface area contributed by atoms with Crippen LogP contribution in [-0.4, -0.2) is 41.6 Å². The maximum Gasteiger partial charge on any atom is 0.234 e. The van der Waals surface area contributed by atoms with Gasteiger partial charge in [-0.05, 0) is 30.0 Å². The number of nitrogens with zero attached hydrogens (tertiary/aromatic N) is 2. The first kappa shape index (κ1) is 20.0. The number of aromatic nitrogens is 2. The standard InChI is InChI=1S/C19H20N4O3S3/c24-17(21-13-4-5-15-16(11-13)26-9-2-8-25-15)12-28-19-23-22-18(29-19)20-7-6-14-3-1-10-27-14/h1,3-5,10-11H,2,6-9,12H2,(H,20,22)(H,21,24). The highest BCUT2D eigenvalue weighted by atomic mass is 32.2. The third-order valence-corrected chi connectivity index (χ3v) is 6.94. The molecule has 0 atom stereocenters. The molecular weight excluding hydrogens is 428 g/mol. The summed E-state index contributed by atoms with van der Waals surface area (Å²) >= 11 is 4.57.